The molecule has 12 heteroatoms. The second kappa shape index (κ2) is 11.7. The van der Waals surface area contributed by atoms with E-state index >= 15 is 0 Å². The SMILES string of the molecule is CC(C)Cc1cc(NC(=O)OC(C)(C)C)c(NC(=O)CC(=O)c2cccc(-n3ccnn3)c2)cc1C(F)(F)F. The van der Waals surface area contributed by atoms with Crippen LogP contribution in [0.4, 0.5) is 29.3 Å². The van der Waals surface area contributed by atoms with Gasteiger partial charge in [0.15, 0.2) is 5.78 Å². The van der Waals surface area contributed by atoms with Gasteiger partial charge < -0.3 is 10.1 Å². The molecule has 0 aliphatic carbocycles. The average molecular weight is 546 g/mol. The third kappa shape index (κ3) is 8.39. The van der Waals surface area contributed by atoms with Crippen LogP contribution in [0.1, 0.15) is 62.5 Å². The highest BCUT2D eigenvalue weighted by Crippen LogP contribution is 2.38. The van der Waals surface area contributed by atoms with Crippen molar-refractivity contribution in [2.24, 2.45) is 5.92 Å². The summed E-state index contributed by atoms with van der Waals surface area (Å²) in [6.07, 6.45) is -3.15. The van der Waals surface area contributed by atoms with Gasteiger partial charge >= 0.3 is 12.3 Å². The van der Waals surface area contributed by atoms with Crippen molar-refractivity contribution in [1.29, 1.82) is 0 Å². The van der Waals surface area contributed by atoms with Crippen molar-refractivity contribution in [2.75, 3.05) is 10.6 Å². The molecular formula is C27H30F3N5O4. The van der Waals surface area contributed by atoms with Crippen LogP contribution in [0.25, 0.3) is 5.69 Å². The number of benzene rings is 2. The van der Waals surface area contributed by atoms with Gasteiger partial charge in [0.1, 0.15) is 5.60 Å². The Kier molecular flexibility index (Phi) is 8.78. The molecule has 1 heterocycles. The molecule has 2 N–H and O–H groups in total. The molecule has 0 saturated heterocycles. The zero-order chi connectivity index (χ0) is 29.0. The molecule has 0 unspecified atom stereocenters. The summed E-state index contributed by atoms with van der Waals surface area (Å²) in [5.41, 5.74) is -1.52. The van der Waals surface area contributed by atoms with Crippen molar-refractivity contribution in [3.63, 3.8) is 0 Å². The number of hydrogen-bond acceptors (Lipinski definition) is 6. The Labute approximate surface area is 223 Å². The van der Waals surface area contributed by atoms with Crippen LogP contribution in [-0.4, -0.2) is 38.4 Å². The van der Waals surface area contributed by atoms with E-state index in [1.165, 1.54) is 29.1 Å². The van der Waals surface area contributed by atoms with Crippen LogP contribution in [0.5, 0.6) is 0 Å². The lowest BCUT2D eigenvalue weighted by Crippen LogP contribution is -2.28. The van der Waals surface area contributed by atoms with E-state index in [1.54, 1.807) is 52.9 Å². The molecule has 0 fully saturated rings. The smallest absolute Gasteiger partial charge is 0.416 e. The summed E-state index contributed by atoms with van der Waals surface area (Å²) < 4.78 is 48.5. The largest absolute Gasteiger partial charge is 0.444 e. The number of ketones is 1. The quantitative estimate of drug-likeness (QED) is 0.263. The fourth-order valence-electron chi connectivity index (χ4n) is 3.75. The van der Waals surface area contributed by atoms with Crippen LogP contribution in [0.15, 0.2) is 48.8 Å². The Balaban J connectivity index is 1.90. The van der Waals surface area contributed by atoms with Gasteiger partial charge in [-0.25, -0.2) is 9.48 Å². The number of amides is 2. The number of nitrogens with zero attached hydrogens (tertiary/aromatic N) is 3. The Bertz CT molecular complexity index is 1350. The van der Waals surface area contributed by atoms with Crippen molar-refractivity contribution >= 4 is 29.2 Å². The van der Waals surface area contributed by atoms with Gasteiger partial charge in [0, 0.05) is 5.56 Å². The van der Waals surface area contributed by atoms with Crippen LogP contribution >= 0.6 is 0 Å². The second-order valence-corrected chi connectivity index (χ2v) is 10.3. The fraction of sp³-hybridized carbons (Fsp3) is 0.370. The minimum absolute atomic E-state index is 0.0532. The monoisotopic (exact) mass is 545 g/mol. The summed E-state index contributed by atoms with van der Waals surface area (Å²) >= 11 is 0. The molecular weight excluding hydrogens is 515 g/mol. The first-order valence-electron chi connectivity index (χ1n) is 12.2. The highest BCUT2D eigenvalue weighted by atomic mass is 19.4. The average Bonchev–Trinajstić information content (AvgIpc) is 3.33. The van der Waals surface area contributed by atoms with Crippen LogP contribution in [-0.2, 0) is 22.1 Å². The van der Waals surface area contributed by atoms with Gasteiger partial charge in [-0.05, 0) is 62.9 Å². The first-order valence-corrected chi connectivity index (χ1v) is 12.2. The van der Waals surface area contributed by atoms with Crippen molar-refractivity contribution in [1.82, 2.24) is 15.0 Å². The number of nitrogens with one attached hydrogen (secondary N) is 2. The summed E-state index contributed by atoms with van der Waals surface area (Å²) in [4.78, 5) is 38.1. The highest BCUT2D eigenvalue weighted by molar-refractivity contribution is 6.12. The number of ether oxygens (including phenoxy) is 1. The molecule has 1 aromatic heterocycles. The zero-order valence-electron chi connectivity index (χ0n) is 22.2. The third-order valence-electron chi connectivity index (χ3n) is 5.26. The van der Waals surface area contributed by atoms with Crippen LogP contribution < -0.4 is 10.6 Å². The highest BCUT2D eigenvalue weighted by Gasteiger charge is 2.35. The predicted octanol–water partition coefficient (Wildman–Crippen LogP) is 6.04. The summed E-state index contributed by atoms with van der Waals surface area (Å²) in [5.74, 6) is -1.54. The molecule has 0 bridgehead atoms. The van der Waals surface area contributed by atoms with Crippen molar-refractivity contribution in [3.05, 3.63) is 65.5 Å². The van der Waals surface area contributed by atoms with Gasteiger partial charge in [0.2, 0.25) is 5.91 Å². The molecule has 9 nitrogen and oxygen atoms in total. The van der Waals surface area contributed by atoms with Gasteiger partial charge in [-0.2, -0.15) is 13.2 Å². The number of halogens is 3. The molecule has 0 aliphatic rings. The summed E-state index contributed by atoms with van der Waals surface area (Å²) in [7, 11) is 0. The summed E-state index contributed by atoms with van der Waals surface area (Å²) in [5, 5.41) is 12.3. The van der Waals surface area contributed by atoms with E-state index in [0.717, 1.165) is 6.07 Å². The summed E-state index contributed by atoms with van der Waals surface area (Å²) in [6.45, 7) is 8.43. The molecule has 0 saturated carbocycles. The molecule has 0 aliphatic heterocycles. The molecule has 2 aromatic carbocycles. The first-order chi connectivity index (χ1) is 18.1. The van der Waals surface area contributed by atoms with Crippen LogP contribution in [0, 0.1) is 5.92 Å². The van der Waals surface area contributed by atoms with Crippen LogP contribution in [0.2, 0.25) is 0 Å². The number of hydrogen-bond donors (Lipinski definition) is 2. The lowest BCUT2D eigenvalue weighted by atomic mass is 9.96. The molecule has 39 heavy (non-hydrogen) atoms. The predicted molar refractivity (Wildman–Crippen MR) is 139 cm³/mol. The topological polar surface area (TPSA) is 115 Å². The molecule has 2 amide bonds. The lowest BCUT2D eigenvalue weighted by Gasteiger charge is -2.22. The van der Waals surface area contributed by atoms with Crippen molar-refractivity contribution in [2.45, 2.75) is 59.2 Å². The number of Topliss-reactive ketones (excluding diaryl/α,β-unsaturated/α-hetero) is 1. The minimum atomic E-state index is -4.72. The molecule has 208 valence electrons. The molecule has 0 radical (unpaired) electrons. The minimum Gasteiger partial charge on any atom is -0.444 e. The number of anilines is 2. The van der Waals surface area contributed by atoms with Gasteiger partial charge in [-0.3, -0.25) is 14.9 Å². The van der Waals surface area contributed by atoms with E-state index in [0.29, 0.717) is 5.69 Å². The Hall–Kier alpha value is -4.22. The normalized spacial score (nSPS) is 11.8. The Morgan fingerprint density at radius 2 is 1.72 bits per heavy atom. The van der Waals surface area contributed by atoms with E-state index in [4.69, 9.17) is 4.74 Å². The standard InChI is InChI=1S/C27H30F3N5O4/c1-16(2)11-18-13-21(33-25(38)39-26(3,4)5)22(14-20(18)27(28,29)30)32-24(37)15-23(36)17-7-6-8-19(12-17)35-10-9-31-34-35/h6-10,12-14,16H,11,15H2,1-5H3,(H,32,37)(H,33,38). The van der Waals surface area contributed by atoms with Gasteiger partial charge in [0.25, 0.3) is 0 Å². The number of rotatable bonds is 8. The van der Waals surface area contributed by atoms with E-state index in [-0.39, 0.29) is 34.8 Å². The first kappa shape index (κ1) is 29.3. The number of carbonyl (C=O) groups excluding carboxylic acids is 3. The number of alkyl halides is 3. The number of carbonyl (C=O) groups is 3. The van der Waals surface area contributed by atoms with E-state index in [2.05, 4.69) is 20.9 Å². The molecule has 0 spiro atoms. The lowest BCUT2D eigenvalue weighted by molar-refractivity contribution is -0.138. The maximum absolute atomic E-state index is 13.9. The van der Waals surface area contributed by atoms with Gasteiger partial charge in [-0.1, -0.05) is 31.2 Å². The molecule has 3 aromatic rings. The number of aromatic nitrogens is 3. The zero-order valence-corrected chi connectivity index (χ0v) is 22.2. The van der Waals surface area contributed by atoms with Gasteiger partial charge in [0.05, 0.1) is 41.4 Å². The fourth-order valence-corrected chi connectivity index (χ4v) is 3.75. The van der Waals surface area contributed by atoms with Crippen LogP contribution in [0.3, 0.4) is 0 Å². The van der Waals surface area contributed by atoms with Gasteiger partial charge in [-0.15, -0.1) is 5.10 Å². The Morgan fingerprint density at radius 1 is 1.03 bits per heavy atom. The Morgan fingerprint density at radius 3 is 2.31 bits per heavy atom. The van der Waals surface area contributed by atoms with E-state index in [9.17, 15) is 27.6 Å². The van der Waals surface area contributed by atoms with E-state index < -0.39 is 41.5 Å². The molecule has 0 atom stereocenters. The summed E-state index contributed by atoms with van der Waals surface area (Å²) in [6, 6.07) is 8.26. The molecule has 3 rings (SSSR count). The maximum Gasteiger partial charge on any atom is 0.416 e. The third-order valence-corrected chi connectivity index (χ3v) is 5.26. The second-order valence-electron chi connectivity index (χ2n) is 10.3. The maximum atomic E-state index is 13.9. The van der Waals surface area contributed by atoms with Crippen molar-refractivity contribution < 1.29 is 32.3 Å². The van der Waals surface area contributed by atoms with E-state index in [1.807, 2.05) is 0 Å². The van der Waals surface area contributed by atoms with Crippen molar-refractivity contribution in [3.8, 4) is 5.69 Å².